The number of nitro benzene ring substituents is 2. The van der Waals surface area contributed by atoms with Gasteiger partial charge in [0.2, 0.25) is 0 Å². The van der Waals surface area contributed by atoms with Crippen molar-refractivity contribution in [2.24, 2.45) is 0 Å². The molecule has 0 saturated heterocycles. The molecule has 0 unspecified atom stereocenters. The van der Waals surface area contributed by atoms with E-state index in [1.165, 1.54) is 5.32 Å². The van der Waals surface area contributed by atoms with E-state index in [2.05, 4.69) is 31.9 Å². The molecule has 0 aliphatic heterocycles. The van der Waals surface area contributed by atoms with E-state index in [-0.39, 0.29) is 12.1 Å². The monoisotopic (exact) mass is 653 g/mol. The van der Waals surface area contributed by atoms with Gasteiger partial charge in [0.1, 0.15) is 5.69 Å². The summed E-state index contributed by atoms with van der Waals surface area (Å²) in [5.41, 5.74) is -12.6. The fourth-order valence-electron chi connectivity index (χ4n) is 2.61. The fourth-order valence-corrected chi connectivity index (χ4v) is 5.02. The van der Waals surface area contributed by atoms with Crippen LogP contribution in [0.25, 0.3) is 0 Å². The fraction of sp³-hybridized carbons (Fsp3) is 0.200. The zero-order valence-electron chi connectivity index (χ0n) is 15.2. The molecular weight excluding hydrogens is 652 g/mol. The highest BCUT2D eigenvalue weighted by atomic mass is 79.9. The second-order valence-electron chi connectivity index (χ2n) is 6.09. The molecule has 0 amide bonds. The van der Waals surface area contributed by atoms with Gasteiger partial charge in [-0.1, -0.05) is 11.6 Å². The number of hydrogen-bond donors (Lipinski definition) is 1. The van der Waals surface area contributed by atoms with Crippen LogP contribution >= 0.6 is 43.5 Å². The summed E-state index contributed by atoms with van der Waals surface area (Å²) in [5, 5.41) is 22.1. The molecule has 0 atom stereocenters. The first kappa shape index (κ1) is 27.9. The summed E-state index contributed by atoms with van der Waals surface area (Å²) in [4.78, 5) is 19.2. The van der Waals surface area contributed by atoms with Crippen LogP contribution in [-0.2, 0) is 18.5 Å². The lowest BCUT2D eigenvalue weighted by Crippen LogP contribution is -2.17. The highest BCUT2D eigenvalue weighted by Gasteiger charge is 2.46. The van der Waals surface area contributed by atoms with E-state index in [4.69, 9.17) is 11.6 Å². The molecule has 0 aromatic heterocycles. The van der Waals surface area contributed by atoms with Crippen molar-refractivity contribution in [2.45, 2.75) is 18.5 Å². The molecule has 19 heteroatoms. The molecule has 2 rings (SSSR count). The van der Waals surface area contributed by atoms with Gasteiger partial charge in [-0.25, -0.2) is 0 Å². The van der Waals surface area contributed by atoms with E-state index >= 15 is 0 Å². The summed E-state index contributed by atoms with van der Waals surface area (Å²) in [5.74, 6) is 0. The van der Waals surface area contributed by atoms with Gasteiger partial charge in [0.05, 0.1) is 47.8 Å². The molecule has 7 nitrogen and oxygen atoms in total. The van der Waals surface area contributed by atoms with Crippen molar-refractivity contribution >= 4 is 66.2 Å². The number of benzene rings is 2. The normalized spacial score (nSPS) is 12.6. The van der Waals surface area contributed by atoms with Gasteiger partial charge < -0.3 is 5.32 Å². The molecule has 0 radical (unpaired) electrons. The van der Waals surface area contributed by atoms with Gasteiger partial charge in [0.25, 0.3) is 11.4 Å². The lowest BCUT2D eigenvalue weighted by atomic mass is 10.1. The Morgan fingerprint density at radius 3 is 1.65 bits per heavy atom. The van der Waals surface area contributed by atoms with Crippen molar-refractivity contribution in [3.63, 3.8) is 0 Å². The summed E-state index contributed by atoms with van der Waals surface area (Å²) >= 11 is 10.1. The van der Waals surface area contributed by atoms with Crippen LogP contribution in [0.1, 0.15) is 16.7 Å². The number of nitrogens with zero attached hydrogens (tertiary/aromatic N) is 2. The van der Waals surface area contributed by atoms with Crippen molar-refractivity contribution in [3.8, 4) is 0 Å². The van der Waals surface area contributed by atoms with Crippen LogP contribution in [0.3, 0.4) is 0 Å². The van der Waals surface area contributed by atoms with Gasteiger partial charge in [0.15, 0.2) is 0 Å². The number of rotatable bonds is 4. The second kappa shape index (κ2) is 9.03. The van der Waals surface area contributed by atoms with Gasteiger partial charge in [-0.2, -0.15) is 39.5 Å². The predicted octanol–water partition coefficient (Wildman–Crippen LogP) is 8.48. The van der Waals surface area contributed by atoms with Gasteiger partial charge >= 0.3 is 18.5 Å². The second-order valence-corrected chi connectivity index (χ2v) is 8.05. The SMILES string of the molecule is O=[N+]([O-])c1cc([N+](=O)[O-])c(Nc2c(Cl)c(C(F)(F)F)c(Br)c(C(F)(F)F)c2Br)c(C(F)(F)F)c1. The Morgan fingerprint density at radius 1 is 0.765 bits per heavy atom. The lowest BCUT2D eigenvalue weighted by molar-refractivity contribution is -0.394. The molecular formula is C15H3Br2ClF9N3O4. The molecule has 1 N–H and O–H groups in total. The molecule has 0 heterocycles. The minimum absolute atomic E-state index is 0.0353. The Balaban J connectivity index is 3.05. The minimum Gasteiger partial charge on any atom is -0.347 e. The van der Waals surface area contributed by atoms with E-state index in [1.54, 1.807) is 0 Å². The Morgan fingerprint density at radius 2 is 1.26 bits per heavy atom. The first-order chi connectivity index (χ1) is 15.2. The Bertz CT molecular complexity index is 1160. The van der Waals surface area contributed by atoms with Crippen molar-refractivity contribution in [1.82, 2.24) is 0 Å². The summed E-state index contributed by atoms with van der Waals surface area (Å²) in [6.45, 7) is 0. The summed E-state index contributed by atoms with van der Waals surface area (Å²) < 4.78 is 119. The number of nitrogens with one attached hydrogen (secondary N) is 1. The molecule has 0 spiro atoms. The Kier molecular flexibility index (Phi) is 7.41. The third kappa shape index (κ3) is 5.32. The Hall–Kier alpha value is -2.34. The average Bonchev–Trinajstić information content (AvgIpc) is 2.61. The number of nitro groups is 2. The lowest BCUT2D eigenvalue weighted by Gasteiger charge is -2.23. The van der Waals surface area contributed by atoms with Crippen LogP contribution in [0.2, 0.25) is 5.02 Å². The van der Waals surface area contributed by atoms with E-state index in [1.807, 2.05) is 0 Å². The third-order valence-electron chi connectivity index (χ3n) is 3.95. The number of hydrogen-bond acceptors (Lipinski definition) is 5. The average molecular weight is 655 g/mol. The van der Waals surface area contributed by atoms with Crippen molar-refractivity contribution < 1.29 is 49.4 Å². The van der Waals surface area contributed by atoms with Gasteiger partial charge in [-0.3, -0.25) is 20.2 Å². The maximum atomic E-state index is 13.5. The standard InChI is InChI=1S/C15H3Br2ClF9N3O4/c16-8-6(14(22,23)24)9(17)12(10(18)7(8)15(25,26)27)28-11-4(13(19,20)21)1-3(29(31)32)2-5(11)30(33)34/h1-2,28H. The van der Waals surface area contributed by atoms with Crippen LogP contribution < -0.4 is 5.32 Å². The molecule has 2 aromatic rings. The van der Waals surface area contributed by atoms with Gasteiger partial charge in [0, 0.05) is 10.5 Å². The molecule has 0 saturated carbocycles. The van der Waals surface area contributed by atoms with E-state index in [0.717, 1.165) is 0 Å². The molecule has 0 aliphatic carbocycles. The highest BCUT2D eigenvalue weighted by Crippen LogP contribution is 2.54. The van der Waals surface area contributed by atoms with Crippen molar-refractivity contribution in [3.05, 3.63) is 63.0 Å². The third-order valence-corrected chi connectivity index (χ3v) is 5.91. The molecule has 186 valence electrons. The van der Waals surface area contributed by atoms with E-state index in [0.29, 0.717) is 0 Å². The molecule has 0 fully saturated rings. The number of non-ortho nitro benzene ring substituents is 1. The first-order valence-electron chi connectivity index (χ1n) is 7.85. The van der Waals surface area contributed by atoms with Gasteiger partial charge in [-0.05, 0) is 31.9 Å². The zero-order chi connectivity index (χ0) is 26.5. The van der Waals surface area contributed by atoms with Crippen molar-refractivity contribution in [1.29, 1.82) is 0 Å². The van der Waals surface area contributed by atoms with Crippen LogP contribution in [-0.4, -0.2) is 9.85 Å². The smallest absolute Gasteiger partial charge is 0.347 e. The maximum Gasteiger partial charge on any atom is 0.419 e. The zero-order valence-corrected chi connectivity index (χ0v) is 19.1. The minimum atomic E-state index is -5.58. The molecule has 0 bridgehead atoms. The number of halogens is 12. The van der Waals surface area contributed by atoms with E-state index < -0.39 is 81.8 Å². The van der Waals surface area contributed by atoms with E-state index in [9.17, 15) is 59.7 Å². The highest BCUT2D eigenvalue weighted by molar-refractivity contribution is 9.11. The number of alkyl halides is 9. The predicted molar refractivity (Wildman–Crippen MR) is 105 cm³/mol. The molecule has 0 aliphatic rings. The molecule has 2 aromatic carbocycles. The summed E-state index contributed by atoms with van der Waals surface area (Å²) in [7, 11) is 0. The van der Waals surface area contributed by atoms with Gasteiger partial charge in [-0.15, -0.1) is 0 Å². The van der Waals surface area contributed by atoms with Crippen LogP contribution in [0, 0.1) is 20.2 Å². The Labute approximate surface area is 202 Å². The number of anilines is 2. The topological polar surface area (TPSA) is 98.3 Å². The van der Waals surface area contributed by atoms with Crippen LogP contribution in [0.5, 0.6) is 0 Å². The molecule has 34 heavy (non-hydrogen) atoms. The quantitative estimate of drug-likeness (QED) is 0.203. The summed E-state index contributed by atoms with van der Waals surface area (Å²) in [6.07, 6.45) is -16.7. The first-order valence-corrected chi connectivity index (χ1v) is 9.81. The maximum absolute atomic E-state index is 13.5. The summed E-state index contributed by atoms with van der Waals surface area (Å²) in [6, 6.07) is -0.154. The van der Waals surface area contributed by atoms with Crippen LogP contribution in [0.4, 0.5) is 62.3 Å². The largest absolute Gasteiger partial charge is 0.419 e. The van der Waals surface area contributed by atoms with Crippen LogP contribution in [0.15, 0.2) is 21.1 Å². The van der Waals surface area contributed by atoms with Crippen molar-refractivity contribution in [2.75, 3.05) is 5.32 Å².